The van der Waals surface area contributed by atoms with Gasteiger partial charge in [-0.2, -0.15) is 0 Å². The Morgan fingerprint density at radius 2 is 1.33 bits per heavy atom. The summed E-state index contributed by atoms with van der Waals surface area (Å²) in [7, 11) is 0. The van der Waals surface area contributed by atoms with Gasteiger partial charge in [-0.05, 0) is 64.4 Å². The van der Waals surface area contributed by atoms with Crippen LogP contribution < -0.4 is 5.32 Å². The maximum atomic E-state index is 6.78. The predicted octanol–water partition coefficient (Wildman–Crippen LogP) is 10.2. The van der Waals surface area contributed by atoms with Gasteiger partial charge in [-0.25, -0.2) is 0 Å². The number of rotatable bonds is 4. The highest BCUT2D eigenvalue weighted by Gasteiger charge is 2.22. The van der Waals surface area contributed by atoms with Gasteiger partial charge in [-0.1, -0.05) is 104 Å². The summed E-state index contributed by atoms with van der Waals surface area (Å²) in [6.45, 7) is 0. The highest BCUT2D eigenvalue weighted by molar-refractivity contribution is 6.22. The van der Waals surface area contributed by atoms with Crippen LogP contribution in [-0.4, -0.2) is 0 Å². The standard InChI is InChI=1S/C34H29NO/c1-3-10-23(11-4-1)24-18-20-27(21-19-24)35-31-22-26-14-7-8-15-28(26)32-30-17-9-16-29(33(30)36-34(31)32)25-12-5-2-6-13-25/h1,3-4,7-11,14-22,25,35H,2,5-6,12-13H2. The number of nitrogens with one attached hydrogen (secondary N) is 1. The Balaban J connectivity index is 1.37. The summed E-state index contributed by atoms with van der Waals surface area (Å²) >= 11 is 0. The van der Waals surface area contributed by atoms with E-state index < -0.39 is 0 Å². The van der Waals surface area contributed by atoms with Crippen LogP contribution in [0.4, 0.5) is 11.4 Å². The normalized spacial score (nSPS) is 14.6. The van der Waals surface area contributed by atoms with E-state index in [1.54, 1.807) is 0 Å². The minimum Gasteiger partial charge on any atom is -0.454 e. The number of hydrogen-bond donors (Lipinski definition) is 1. The molecule has 1 fully saturated rings. The van der Waals surface area contributed by atoms with E-state index in [-0.39, 0.29) is 0 Å². The number of benzene rings is 5. The molecule has 1 heterocycles. The molecule has 0 unspecified atom stereocenters. The maximum absolute atomic E-state index is 6.78. The van der Waals surface area contributed by atoms with Crippen LogP contribution in [0, 0.1) is 0 Å². The van der Waals surface area contributed by atoms with Crippen molar-refractivity contribution in [1.82, 2.24) is 0 Å². The van der Waals surface area contributed by atoms with Crippen molar-refractivity contribution in [3.63, 3.8) is 0 Å². The van der Waals surface area contributed by atoms with Crippen molar-refractivity contribution in [2.24, 2.45) is 0 Å². The van der Waals surface area contributed by atoms with Gasteiger partial charge < -0.3 is 9.73 Å². The first-order valence-corrected chi connectivity index (χ1v) is 13.1. The molecule has 0 atom stereocenters. The summed E-state index contributed by atoms with van der Waals surface area (Å²) in [5.41, 5.74) is 7.90. The Kier molecular flexibility index (Phi) is 5.24. The van der Waals surface area contributed by atoms with E-state index in [2.05, 4.69) is 108 Å². The highest BCUT2D eigenvalue weighted by Crippen LogP contribution is 2.44. The summed E-state index contributed by atoms with van der Waals surface area (Å²) in [5.74, 6) is 0.594. The summed E-state index contributed by atoms with van der Waals surface area (Å²) in [4.78, 5) is 0. The average Bonchev–Trinajstić information content (AvgIpc) is 3.35. The maximum Gasteiger partial charge on any atom is 0.159 e. The van der Waals surface area contributed by atoms with Crippen LogP contribution in [0.25, 0.3) is 43.8 Å². The zero-order valence-electron chi connectivity index (χ0n) is 20.3. The summed E-state index contributed by atoms with van der Waals surface area (Å²) in [5, 5.41) is 8.59. The van der Waals surface area contributed by atoms with Crippen LogP contribution in [0.3, 0.4) is 0 Å². The summed E-state index contributed by atoms with van der Waals surface area (Å²) in [6, 6.07) is 36.8. The molecule has 5 aromatic carbocycles. The van der Waals surface area contributed by atoms with Gasteiger partial charge in [0.25, 0.3) is 0 Å². The Hall–Kier alpha value is -4.04. The van der Waals surface area contributed by atoms with E-state index in [9.17, 15) is 0 Å². The fourth-order valence-electron chi connectivity index (χ4n) is 6.03. The van der Waals surface area contributed by atoms with Crippen molar-refractivity contribution in [2.45, 2.75) is 38.0 Å². The highest BCUT2D eigenvalue weighted by atomic mass is 16.3. The van der Waals surface area contributed by atoms with Crippen molar-refractivity contribution >= 4 is 44.1 Å². The quantitative estimate of drug-likeness (QED) is 0.279. The zero-order chi connectivity index (χ0) is 23.9. The van der Waals surface area contributed by atoms with Gasteiger partial charge in [0.2, 0.25) is 0 Å². The Labute approximate surface area is 211 Å². The van der Waals surface area contributed by atoms with Gasteiger partial charge in [0.1, 0.15) is 5.58 Å². The molecule has 6 aromatic rings. The molecule has 176 valence electrons. The third kappa shape index (κ3) is 3.65. The van der Waals surface area contributed by atoms with Gasteiger partial charge in [-0.3, -0.25) is 0 Å². The van der Waals surface area contributed by atoms with E-state index in [4.69, 9.17) is 4.42 Å². The van der Waals surface area contributed by atoms with Crippen molar-refractivity contribution < 1.29 is 4.42 Å². The molecule has 0 saturated heterocycles. The molecule has 1 N–H and O–H groups in total. The lowest BCUT2D eigenvalue weighted by molar-refractivity contribution is 0.442. The SMILES string of the molecule is c1ccc(-c2ccc(Nc3cc4ccccc4c4c3oc3c(C5CCCCC5)cccc34)cc2)cc1. The van der Waals surface area contributed by atoms with Crippen molar-refractivity contribution in [2.75, 3.05) is 5.32 Å². The number of furan rings is 1. The lowest BCUT2D eigenvalue weighted by Gasteiger charge is -2.21. The first-order chi connectivity index (χ1) is 17.8. The Morgan fingerprint density at radius 1 is 0.611 bits per heavy atom. The lowest BCUT2D eigenvalue weighted by atomic mass is 9.83. The molecule has 1 aromatic heterocycles. The van der Waals surface area contributed by atoms with Crippen LogP contribution >= 0.6 is 0 Å². The lowest BCUT2D eigenvalue weighted by Crippen LogP contribution is -2.04. The molecule has 1 aliphatic rings. The van der Waals surface area contributed by atoms with Crippen LogP contribution in [0.1, 0.15) is 43.6 Å². The fraction of sp³-hybridized carbons (Fsp3) is 0.176. The van der Waals surface area contributed by atoms with E-state index in [0.717, 1.165) is 22.5 Å². The number of anilines is 2. The largest absolute Gasteiger partial charge is 0.454 e. The molecular weight excluding hydrogens is 438 g/mol. The van der Waals surface area contributed by atoms with Crippen LogP contribution in [0.15, 0.2) is 108 Å². The number of hydrogen-bond acceptors (Lipinski definition) is 2. The Bertz CT molecular complexity index is 1670. The number of para-hydroxylation sites is 1. The van der Waals surface area contributed by atoms with Crippen LogP contribution in [0.5, 0.6) is 0 Å². The topological polar surface area (TPSA) is 25.2 Å². The fourth-order valence-corrected chi connectivity index (χ4v) is 6.03. The van der Waals surface area contributed by atoms with E-state index in [1.807, 2.05) is 0 Å². The second-order valence-corrected chi connectivity index (χ2v) is 10.1. The second-order valence-electron chi connectivity index (χ2n) is 10.1. The average molecular weight is 468 g/mol. The van der Waals surface area contributed by atoms with Gasteiger partial charge in [-0.15, -0.1) is 0 Å². The van der Waals surface area contributed by atoms with Crippen molar-refractivity contribution in [3.8, 4) is 11.1 Å². The third-order valence-electron chi connectivity index (χ3n) is 7.84. The molecule has 0 aliphatic heterocycles. The molecule has 2 nitrogen and oxygen atoms in total. The molecule has 36 heavy (non-hydrogen) atoms. The zero-order valence-corrected chi connectivity index (χ0v) is 20.3. The summed E-state index contributed by atoms with van der Waals surface area (Å²) < 4.78 is 6.78. The van der Waals surface area contributed by atoms with E-state index >= 15 is 0 Å². The Morgan fingerprint density at radius 3 is 2.17 bits per heavy atom. The van der Waals surface area contributed by atoms with Gasteiger partial charge in [0.15, 0.2) is 5.58 Å². The molecular formula is C34H29NO. The number of fused-ring (bicyclic) bond motifs is 5. The van der Waals surface area contributed by atoms with Crippen LogP contribution in [-0.2, 0) is 0 Å². The summed E-state index contributed by atoms with van der Waals surface area (Å²) in [6.07, 6.45) is 6.51. The minimum atomic E-state index is 0.594. The minimum absolute atomic E-state index is 0.594. The predicted molar refractivity (Wildman–Crippen MR) is 152 cm³/mol. The van der Waals surface area contributed by atoms with E-state index in [0.29, 0.717) is 5.92 Å². The van der Waals surface area contributed by atoms with Crippen LogP contribution in [0.2, 0.25) is 0 Å². The monoisotopic (exact) mass is 467 g/mol. The molecule has 1 saturated carbocycles. The molecule has 0 bridgehead atoms. The molecule has 1 aliphatic carbocycles. The van der Waals surface area contributed by atoms with Gasteiger partial charge in [0, 0.05) is 16.5 Å². The molecule has 7 rings (SSSR count). The van der Waals surface area contributed by atoms with E-state index in [1.165, 1.54) is 70.3 Å². The molecule has 0 amide bonds. The molecule has 0 radical (unpaired) electrons. The first-order valence-electron chi connectivity index (χ1n) is 13.1. The van der Waals surface area contributed by atoms with Crippen molar-refractivity contribution in [3.05, 3.63) is 109 Å². The van der Waals surface area contributed by atoms with Gasteiger partial charge in [0.05, 0.1) is 5.69 Å². The second kappa shape index (κ2) is 8.87. The smallest absolute Gasteiger partial charge is 0.159 e. The molecule has 2 heteroatoms. The third-order valence-corrected chi connectivity index (χ3v) is 7.84. The first kappa shape index (κ1) is 21.3. The van der Waals surface area contributed by atoms with Gasteiger partial charge >= 0.3 is 0 Å². The van der Waals surface area contributed by atoms with Crippen molar-refractivity contribution in [1.29, 1.82) is 0 Å². The molecule has 0 spiro atoms.